The molecule has 1 heterocycles. The summed E-state index contributed by atoms with van der Waals surface area (Å²) in [5.74, 6) is 0.846. The van der Waals surface area contributed by atoms with Gasteiger partial charge in [0.15, 0.2) is 0 Å². The zero-order valence-corrected chi connectivity index (χ0v) is 12.8. The van der Waals surface area contributed by atoms with Crippen molar-refractivity contribution in [2.45, 2.75) is 19.8 Å². The maximum Gasteiger partial charge on any atom is 0.231 e. The Bertz CT molecular complexity index is 453. The summed E-state index contributed by atoms with van der Waals surface area (Å²) in [5, 5.41) is 6.27. The van der Waals surface area contributed by atoms with E-state index in [1.807, 2.05) is 31.2 Å². The molecule has 1 aliphatic heterocycles. The molecule has 1 fully saturated rings. The lowest BCUT2D eigenvalue weighted by molar-refractivity contribution is -0.125. The van der Waals surface area contributed by atoms with Crippen LogP contribution in [0.4, 0.5) is 5.69 Å². The van der Waals surface area contributed by atoms with E-state index in [0.29, 0.717) is 13.2 Å². The fourth-order valence-corrected chi connectivity index (χ4v) is 2.41. The number of carbonyl (C=O) groups is 1. The second-order valence-corrected chi connectivity index (χ2v) is 5.66. The lowest BCUT2D eigenvalue weighted by Crippen LogP contribution is -2.46. The summed E-state index contributed by atoms with van der Waals surface area (Å²) >= 11 is 0. The second-order valence-electron chi connectivity index (χ2n) is 5.66. The molecule has 1 aromatic carbocycles. The summed E-state index contributed by atoms with van der Waals surface area (Å²) in [7, 11) is 1.64. The minimum atomic E-state index is -0.327. The molecular weight excluding hydrogens is 268 g/mol. The van der Waals surface area contributed by atoms with Crippen molar-refractivity contribution in [3.8, 4) is 5.75 Å². The topological polar surface area (TPSA) is 59.6 Å². The van der Waals surface area contributed by atoms with Crippen molar-refractivity contribution in [3.63, 3.8) is 0 Å². The molecule has 5 heteroatoms. The highest BCUT2D eigenvalue weighted by Crippen LogP contribution is 2.27. The van der Waals surface area contributed by atoms with Crippen LogP contribution >= 0.6 is 0 Å². The molecule has 0 radical (unpaired) electrons. The highest BCUT2D eigenvalue weighted by molar-refractivity contribution is 5.95. The molecule has 1 aliphatic rings. The number of piperidine rings is 1. The SMILES string of the molecule is COCCOc1ccc(NC(=O)C2(C)CCCNC2)cc1. The predicted molar refractivity (Wildman–Crippen MR) is 82.7 cm³/mol. The number of anilines is 1. The van der Waals surface area contributed by atoms with Gasteiger partial charge >= 0.3 is 0 Å². The monoisotopic (exact) mass is 292 g/mol. The lowest BCUT2D eigenvalue weighted by atomic mass is 9.82. The van der Waals surface area contributed by atoms with E-state index < -0.39 is 0 Å². The average molecular weight is 292 g/mol. The van der Waals surface area contributed by atoms with Gasteiger partial charge in [0.25, 0.3) is 0 Å². The molecule has 1 amide bonds. The van der Waals surface area contributed by atoms with Crippen LogP contribution in [0.1, 0.15) is 19.8 Å². The fraction of sp³-hybridized carbons (Fsp3) is 0.562. The molecule has 1 aromatic rings. The van der Waals surface area contributed by atoms with E-state index in [1.165, 1.54) is 0 Å². The van der Waals surface area contributed by atoms with Crippen LogP contribution in [-0.2, 0) is 9.53 Å². The first-order valence-electron chi connectivity index (χ1n) is 7.38. The molecule has 2 N–H and O–H groups in total. The van der Waals surface area contributed by atoms with E-state index in [2.05, 4.69) is 10.6 Å². The quantitative estimate of drug-likeness (QED) is 0.788. The highest BCUT2D eigenvalue weighted by atomic mass is 16.5. The van der Waals surface area contributed by atoms with E-state index in [0.717, 1.165) is 37.4 Å². The number of hydrogen-bond acceptors (Lipinski definition) is 4. The molecule has 2 rings (SSSR count). The van der Waals surface area contributed by atoms with Crippen molar-refractivity contribution in [3.05, 3.63) is 24.3 Å². The number of nitrogens with one attached hydrogen (secondary N) is 2. The normalized spacial score (nSPS) is 21.8. The molecule has 1 atom stereocenters. The summed E-state index contributed by atoms with van der Waals surface area (Å²) in [6.45, 7) is 4.82. The molecule has 1 unspecified atom stereocenters. The number of ether oxygens (including phenoxy) is 2. The van der Waals surface area contributed by atoms with Gasteiger partial charge in [0.2, 0.25) is 5.91 Å². The Morgan fingerprint density at radius 1 is 1.33 bits per heavy atom. The predicted octanol–water partition coefficient (Wildman–Crippen LogP) is 2.04. The number of methoxy groups -OCH3 is 1. The zero-order valence-electron chi connectivity index (χ0n) is 12.8. The summed E-state index contributed by atoms with van der Waals surface area (Å²) in [5.41, 5.74) is 0.470. The van der Waals surface area contributed by atoms with Crippen LogP contribution in [0.25, 0.3) is 0 Å². The van der Waals surface area contributed by atoms with Gasteiger partial charge in [0.05, 0.1) is 12.0 Å². The average Bonchev–Trinajstić information content (AvgIpc) is 2.50. The van der Waals surface area contributed by atoms with Crippen LogP contribution in [0.3, 0.4) is 0 Å². The van der Waals surface area contributed by atoms with E-state index in [4.69, 9.17) is 9.47 Å². The van der Waals surface area contributed by atoms with Crippen LogP contribution < -0.4 is 15.4 Å². The largest absolute Gasteiger partial charge is 0.491 e. The van der Waals surface area contributed by atoms with Crippen molar-refractivity contribution in [2.75, 3.05) is 38.7 Å². The third kappa shape index (κ3) is 4.44. The molecule has 0 aliphatic carbocycles. The highest BCUT2D eigenvalue weighted by Gasteiger charge is 2.34. The fourth-order valence-electron chi connectivity index (χ4n) is 2.41. The van der Waals surface area contributed by atoms with Gasteiger partial charge in [-0.15, -0.1) is 0 Å². The minimum absolute atomic E-state index is 0.0720. The van der Waals surface area contributed by atoms with Crippen molar-refractivity contribution >= 4 is 11.6 Å². The van der Waals surface area contributed by atoms with E-state index >= 15 is 0 Å². The van der Waals surface area contributed by atoms with Gasteiger partial charge < -0.3 is 20.1 Å². The lowest BCUT2D eigenvalue weighted by Gasteiger charge is -2.32. The first-order valence-corrected chi connectivity index (χ1v) is 7.38. The molecule has 0 bridgehead atoms. The molecule has 5 nitrogen and oxygen atoms in total. The third-order valence-electron chi connectivity index (χ3n) is 3.81. The Balaban J connectivity index is 1.89. The number of benzene rings is 1. The zero-order chi connectivity index (χ0) is 15.1. The second kappa shape index (κ2) is 7.43. The molecule has 21 heavy (non-hydrogen) atoms. The summed E-state index contributed by atoms with van der Waals surface area (Å²) in [4.78, 5) is 12.4. The van der Waals surface area contributed by atoms with Crippen molar-refractivity contribution < 1.29 is 14.3 Å². The van der Waals surface area contributed by atoms with Gasteiger partial charge in [0.1, 0.15) is 12.4 Å². The van der Waals surface area contributed by atoms with Gasteiger partial charge in [-0.05, 0) is 50.6 Å². The summed E-state index contributed by atoms with van der Waals surface area (Å²) in [6, 6.07) is 7.43. The molecule has 0 aromatic heterocycles. The van der Waals surface area contributed by atoms with Crippen LogP contribution in [0.5, 0.6) is 5.75 Å². The Morgan fingerprint density at radius 2 is 2.10 bits per heavy atom. The summed E-state index contributed by atoms with van der Waals surface area (Å²) in [6.07, 6.45) is 1.96. The third-order valence-corrected chi connectivity index (χ3v) is 3.81. The van der Waals surface area contributed by atoms with Gasteiger partial charge in [-0.3, -0.25) is 4.79 Å². The number of carbonyl (C=O) groups excluding carboxylic acids is 1. The van der Waals surface area contributed by atoms with Crippen LogP contribution in [-0.4, -0.2) is 39.3 Å². The minimum Gasteiger partial charge on any atom is -0.491 e. The van der Waals surface area contributed by atoms with E-state index in [1.54, 1.807) is 7.11 Å². The number of hydrogen-bond donors (Lipinski definition) is 2. The standard InChI is InChI=1S/C16H24N2O3/c1-16(8-3-9-17-12-16)15(19)18-13-4-6-14(7-5-13)21-11-10-20-2/h4-7,17H,3,8-12H2,1-2H3,(H,18,19). The smallest absolute Gasteiger partial charge is 0.231 e. The molecule has 0 saturated carbocycles. The van der Waals surface area contributed by atoms with Crippen LogP contribution in [0, 0.1) is 5.41 Å². The first-order chi connectivity index (χ1) is 10.1. The van der Waals surface area contributed by atoms with Crippen LogP contribution in [0.15, 0.2) is 24.3 Å². The van der Waals surface area contributed by atoms with Crippen LogP contribution in [0.2, 0.25) is 0 Å². The van der Waals surface area contributed by atoms with Gasteiger partial charge in [-0.1, -0.05) is 0 Å². The Morgan fingerprint density at radius 3 is 2.71 bits per heavy atom. The van der Waals surface area contributed by atoms with Gasteiger partial charge in [0, 0.05) is 19.3 Å². The molecule has 0 spiro atoms. The molecule has 1 saturated heterocycles. The van der Waals surface area contributed by atoms with Crippen molar-refractivity contribution in [1.29, 1.82) is 0 Å². The summed E-state index contributed by atoms with van der Waals surface area (Å²) < 4.78 is 10.4. The van der Waals surface area contributed by atoms with E-state index in [9.17, 15) is 4.79 Å². The maximum atomic E-state index is 12.4. The van der Waals surface area contributed by atoms with Gasteiger partial charge in [-0.25, -0.2) is 0 Å². The Hall–Kier alpha value is -1.59. The number of amides is 1. The van der Waals surface area contributed by atoms with E-state index in [-0.39, 0.29) is 11.3 Å². The van der Waals surface area contributed by atoms with Gasteiger partial charge in [-0.2, -0.15) is 0 Å². The molecule has 116 valence electrons. The first kappa shape index (κ1) is 15.8. The Kier molecular flexibility index (Phi) is 5.59. The maximum absolute atomic E-state index is 12.4. The number of rotatable bonds is 6. The molecular formula is C16H24N2O3. The van der Waals surface area contributed by atoms with Crippen molar-refractivity contribution in [2.24, 2.45) is 5.41 Å². The van der Waals surface area contributed by atoms with Crippen molar-refractivity contribution in [1.82, 2.24) is 5.32 Å². The Labute approximate surface area is 126 Å².